The van der Waals surface area contributed by atoms with E-state index in [1.165, 1.54) is 6.08 Å². The summed E-state index contributed by atoms with van der Waals surface area (Å²) in [5.74, 6) is -2.87. The molecule has 0 unspecified atom stereocenters. The van der Waals surface area contributed by atoms with E-state index in [1.807, 2.05) is 6.07 Å². The SMILES string of the molecule is CCOC(=O)/C=C/[C@H](OCc1ccccc1)[C@@H](OC(C)=O)[C@H](OC(C)=O)[C@H](O)COC(C)=O. The standard InChI is InChI=1S/C23H30O10/c1-5-29-21(28)12-11-20(31-13-18-9-7-6-8-10-18)23(33-17(4)26)22(32-16(3)25)19(27)14-30-15(2)24/h6-12,19-20,22-23,27H,5,13-14H2,1-4H3/b12-11+/t19-,20+,22-,23-/m1/s1. The van der Waals surface area contributed by atoms with Crippen molar-refractivity contribution < 1.29 is 48.0 Å². The van der Waals surface area contributed by atoms with Gasteiger partial charge in [-0.15, -0.1) is 0 Å². The maximum Gasteiger partial charge on any atom is 0.330 e. The Kier molecular flexibility index (Phi) is 12.4. The van der Waals surface area contributed by atoms with Gasteiger partial charge in [-0.3, -0.25) is 14.4 Å². The molecule has 0 radical (unpaired) electrons. The molecule has 10 nitrogen and oxygen atoms in total. The van der Waals surface area contributed by atoms with E-state index in [2.05, 4.69) is 0 Å². The van der Waals surface area contributed by atoms with Crippen LogP contribution in [0.15, 0.2) is 42.5 Å². The van der Waals surface area contributed by atoms with Gasteiger partial charge in [0.25, 0.3) is 0 Å². The fourth-order valence-electron chi connectivity index (χ4n) is 2.76. The summed E-state index contributed by atoms with van der Waals surface area (Å²) in [5.41, 5.74) is 0.776. The summed E-state index contributed by atoms with van der Waals surface area (Å²) in [6.07, 6.45) is -3.19. The molecule has 0 saturated carbocycles. The van der Waals surface area contributed by atoms with Gasteiger partial charge in [0.1, 0.15) is 18.8 Å². The summed E-state index contributed by atoms with van der Waals surface area (Å²) in [5, 5.41) is 10.6. The number of aliphatic hydroxyl groups excluding tert-OH is 1. The molecule has 0 aliphatic rings. The molecule has 0 aliphatic carbocycles. The van der Waals surface area contributed by atoms with Crippen molar-refractivity contribution in [3.05, 3.63) is 48.0 Å². The van der Waals surface area contributed by atoms with E-state index in [-0.39, 0.29) is 13.2 Å². The molecule has 1 aromatic carbocycles. The van der Waals surface area contributed by atoms with Gasteiger partial charge >= 0.3 is 23.9 Å². The molecule has 1 rings (SSSR count). The van der Waals surface area contributed by atoms with Gasteiger partial charge in [0.05, 0.1) is 13.2 Å². The lowest BCUT2D eigenvalue weighted by Gasteiger charge is -2.33. The van der Waals surface area contributed by atoms with Crippen molar-refractivity contribution in [1.29, 1.82) is 0 Å². The fourth-order valence-corrected chi connectivity index (χ4v) is 2.76. The van der Waals surface area contributed by atoms with Crippen LogP contribution in [0.2, 0.25) is 0 Å². The number of carbonyl (C=O) groups is 4. The van der Waals surface area contributed by atoms with E-state index in [0.717, 1.165) is 32.4 Å². The van der Waals surface area contributed by atoms with Crippen molar-refractivity contribution >= 4 is 23.9 Å². The zero-order chi connectivity index (χ0) is 24.8. The molecule has 33 heavy (non-hydrogen) atoms. The summed E-state index contributed by atoms with van der Waals surface area (Å²) in [7, 11) is 0. The number of rotatable bonds is 13. The summed E-state index contributed by atoms with van der Waals surface area (Å²) < 4.78 is 26.1. The largest absolute Gasteiger partial charge is 0.463 e. The van der Waals surface area contributed by atoms with Gasteiger partial charge in [-0.25, -0.2) is 4.79 Å². The van der Waals surface area contributed by atoms with E-state index < -0.39 is 54.9 Å². The van der Waals surface area contributed by atoms with E-state index in [1.54, 1.807) is 31.2 Å². The summed E-state index contributed by atoms with van der Waals surface area (Å²) in [6.45, 7) is 4.67. The molecule has 10 heteroatoms. The van der Waals surface area contributed by atoms with Crippen LogP contribution in [0.3, 0.4) is 0 Å². The molecule has 1 aromatic rings. The first-order valence-electron chi connectivity index (χ1n) is 10.3. The Hall–Kier alpha value is -3.24. The second kappa shape index (κ2) is 14.8. The third kappa shape index (κ3) is 11.3. The second-order valence-electron chi connectivity index (χ2n) is 6.89. The Balaban J connectivity index is 3.29. The van der Waals surface area contributed by atoms with Gasteiger partial charge in [0.15, 0.2) is 12.2 Å². The van der Waals surface area contributed by atoms with E-state index in [9.17, 15) is 24.3 Å². The van der Waals surface area contributed by atoms with E-state index in [4.69, 9.17) is 23.7 Å². The van der Waals surface area contributed by atoms with Gasteiger partial charge < -0.3 is 28.8 Å². The predicted octanol–water partition coefficient (Wildman–Crippen LogP) is 1.48. The molecule has 0 fully saturated rings. The number of benzene rings is 1. The topological polar surface area (TPSA) is 135 Å². The molecule has 182 valence electrons. The van der Waals surface area contributed by atoms with Crippen molar-refractivity contribution in [2.75, 3.05) is 13.2 Å². The molecule has 0 bridgehead atoms. The van der Waals surface area contributed by atoms with Crippen LogP contribution in [-0.2, 0) is 49.5 Å². The van der Waals surface area contributed by atoms with Crippen LogP contribution in [0, 0.1) is 0 Å². The van der Waals surface area contributed by atoms with Gasteiger partial charge in [-0.1, -0.05) is 30.3 Å². The van der Waals surface area contributed by atoms with Crippen LogP contribution < -0.4 is 0 Å². The highest BCUT2D eigenvalue weighted by atomic mass is 16.6. The molecular weight excluding hydrogens is 436 g/mol. The number of aliphatic hydroxyl groups is 1. The van der Waals surface area contributed by atoms with Crippen LogP contribution >= 0.6 is 0 Å². The minimum absolute atomic E-state index is 0.0449. The monoisotopic (exact) mass is 466 g/mol. The molecule has 0 amide bonds. The Morgan fingerprint density at radius 1 is 0.909 bits per heavy atom. The van der Waals surface area contributed by atoms with Crippen LogP contribution in [0.4, 0.5) is 0 Å². The fraction of sp³-hybridized carbons (Fsp3) is 0.478. The zero-order valence-electron chi connectivity index (χ0n) is 19.1. The predicted molar refractivity (Wildman–Crippen MR) is 115 cm³/mol. The second-order valence-corrected chi connectivity index (χ2v) is 6.89. The van der Waals surface area contributed by atoms with Crippen LogP contribution in [0.1, 0.15) is 33.3 Å². The van der Waals surface area contributed by atoms with Crippen LogP contribution in [-0.4, -0.2) is 66.6 Å². The minimum Gasteiger partial charge on any atom is -0.463 e. The smallest absolute Gasteiger partial charge is 0.330 e. The molecule has 0 saturated heterocycles. The third-order valence-electron chi connectivity index (χ3n) is 4.08. The summed E-state index contributed by atoms with van der Waals surface area (Å²) in [6, 6.07) is 9.02. The van der Waals surface area contributed by atoms with Crippen molar-refractivity contribution in [1.82, 2.24) is 0 Å². The first-order chi connectivity index (χ1) is 15.6. The molecule has 0 aliphatic heterocycles. The van der Waals surface area contributed by atoms with Crippen molar-refractivity contribution in [3.8, 4) is 0 Å². The van der Waals surface area contributed by atoms with Crippen LogP contribution in [0.25, 0.3) is 0 Å². The van der Waals surface area contributed by atoms with Crippen molar-refractivity contribution in [2.45, 2.75) is 58.7 Å². The van der Waals surface area contributed by atoms with Gasteiger partial charge in [0, 0.05) is 26.8 Å². The average molecular weight is 466 g/mol. The Labute approximate surface area is 192 Å². The maximum atomic E-state index is 11.9. The van der Waals surface area contributed by atoms with E-state index >= 15 is 0 Å². The number of ether oxygens (including phenoxy) is 5. The van der Waals surface area contributed by atoms with Gasteiger partial charge in [-0.05, 0) is 18.6 Å². The number of hydrogen-bond donors (Lipinski definition) is 1. The molecular formula is C23H30O10. The number of hydrogen-bond acceptors (Lipinski definition) is 10. The highest BCUT2D eigenvalue weighted by Crippen LogP contribution is 2.20. The first-order valence-corrected chi connectivity index (χ1v) is 10.3. The first kappa shape index (κ1) is 27.8. The lowest BCUT2D eigenvalue weighted by atomic mass is 10.0. The summed E-state index contributed by atoms with van der Waals surface area (Å²) >= 11 is 0. The quantitative estimate of drug-likeness (QED) is 0.259. The highest BCUT2D eigenvalue weighted by molar-refractivity contribution is 5.82. The lowest BCUT2D eigenvalue weighted by molar-refractivity contribution is -0.191. The molecule has 0 aromatic heterocycles. The van der Waals surface area contributed by atoms with Crippen LogP contribution in [0.5, 0.6) is 0 Å². The maximum absolute atomic E-state index is 11.9. The van der Waals surface area contributed by atoms with Gasteiger partial charge in [-0.2, -0.15) is 0 Å². The van der Waals surface area contributed by atoms with Gasteiger partial charge in [0.2, 0.25) is 0 Å². The van der Waals surface area contributed by atoms with Crippen molar-refractivity contribution in [2.24, 2.45) is 0 Å². The zero-order valence-corrected chi connectivity index (χ0v) is 19.1. The number of carbonyl (C=O) groups excluding carboxylic acids is 4. The molecule has 1 N–H and O–H groups in total. The van der Waals surface area contributed by atoms with E-state index in [0.29, 0.717) is 0 Å². The average Bonchev–Trinajstić information content (AvgIpc) is 2.75. The highest BCUT2D eigenvalue weighted by Gasteiger charge is 2.39. The Bertz CT molecular complexity index is 805. The summed E-state index contributed by atoms with van der Waals surface area (Å²) in [4.78, 5) is 46.6. The molecule has 4 atom stereocenters. The minimum atomic E-state index is -1.55. The number of esters is 4. The van der Waals surface area contributed by atoms with Crippen molar-refractivity contribution in [3.63, 3.8) is 0 Å². The Morgan fingerprint density at radius 2 is 1.52 bits per heavy atom. The molecule has 0 heterocycles. The lowest BCUT2D eigenvalue weighted by Crippen LogP contribution is -2.51. The Morgan fingerprint density at radius 3 is 2.06 bits per heavy atom. The molecule has 0 spiro atoms. The third-order valence-corrected chi connectivity index (χ3v) is 4.08. The normalized spacial score (nSPS) is 14.6.